The molecule has 27 heavy (non-hydrogen) atoms. The summed E-state index contributed by atoms with van der Waals surface area (Å²) in [6, 6.07) is 13.2. The van der Waals surface area contributed by atoms with Gasteiger partial charge in [-0.25, -0.2) is 4.39 Å². The highest BCUT2D eigenvalue weighted by molar-refractivity contribution is 5.97. The van der Waals surface area contributed by atoms with Gasteiger partial charge >= 0.3 is 0 Å². The lowest BCUT2D eigenvalue weighted by atomic mass is 10.1. The van der Waals surface area contributed by atoms with Gasteiger partial charge in [0.1, 0.15) is 23.9 Å². The number of carbonyl (C=O) groups excluding carboxylic acids is 1. The predicted molar refractivity (Wildman–Crippen MR) is 98.8 cm³/mol. The van der Waals surface area contributed by atoms with Crippen molar-refractivity contribution in [2.24, 2.45) is 5.73 Å². The molecule has 6 nitrogen and oxygen atoms in total. The molecule has 3 aromatic rings. The maximum atomic E-state index is 13.8. The Labute approximate surface area is 156 Å². The summed E-state index contributed by atoms with van der Waals surface area (Å²) in [5.41, 5.74) is 7.52. The van der Waals surface area contributed by atoms with Gasteiger partial charge in [-0.1, -0.05) is 28.9 Å². The van der Waals surface area contributed by atoms with Gasteiger partial charge in [-0.15, -0.1) is 0 Å². The van der Waals surface area contributed by atoms with E-state index in [2.05, 4.69) is 10.5 Å². The third kappa shape index (κ3) is 4.51. The zero-order valence-corrected chi connectivity index (χ0v) is 14.9. The fourth-order valence-corrected chi connectivity index (χ4v) is 2.57. The van der Waals surface area contributed by atoms with Gasteiger partial charge in [0.05, 0.1) is 12.1 Å². The number of aromatic nitrogens is 1. The molecule has 1 amide bonds. The van der Waals surface area contributed by atoms with Crippen LogP contribution in [0.25, 0.3) is 11.3 Å². The molecule has 2 aromatic carbocycles. The lowest BCUT2D eigenvalue weighted by Crippen LogP contribution is -2.24. The van der Waals surface area contributed by atoms with Gasteiger partial charge in [-0.2, -0.15) is 0 Å². The molecule has 0 aliphatic carbocycles. The fraction of sp³-hybridized carbons (Fsp3) is 0.200. The highest BCUT2D eigenvalue weighted by Crippen LogP contribution is 2.23. The average Bonchev–Trinajstić information content (AvgIpc) is 3.14. The van der Waals surface area contributed by atoms with Crippen LogP contribution in [0, 0.1) is 12.7 Å². The normalized spacial score (nSPS) is 10.6. The van der Waals surface area contributed by atoms with Gasteiger partial charge in [-0.3, -0.25) is 4.79 Å². The maximum absolute atomic E-state index is 13.8. The second-order valence-corrected chi connectivity index (χ2v) is 5.98. The first-order chi connectivity index (χ1) is 13.1. The van der Waals surface area contributed by atoms with Crippen molar-refractivity contribution in [1.29, 1.82) is 0 Å². The van der Waals surface area contributed by atoms with Crippen LogP contribution < -0.4 is 15.8 Å². The summed E-state index contributed by atoms with van der Waals surface area (Å²) in [5.74, 6) is 0.184. The number of rotatable bonds is 7. The number of nitrogens with two attached hydrogens (primary N) is 1. The summed E-state index contributed by atoms with van der Waals surface area (Å²) >= 11 is 0. The Morgan fingerprint density at radius 3 is 2.85 bits per heavy atom. The van der Waals surface area contributed by atoms with E-state index in [1.54, 1.807) is 36.4 Å². The van der Waals surface area contributed by atoms with Crippen LogP contribution >= 0.6 is 0 Å². The molecule has 0 radical (unpaired) electrons. The highest BCUT2D eigenvalue weighted by atomic mass is 19.1. The average molecular weight is 369 g/mol. The summed E-state index contributed by atoms with van der Waals surface area (Å²) in [5, 5.41) is 6.63. The molecule has 0 aliphatic heterocycles. The number of hydrogen-bond acceptors (Lipinski definition) is 5. The molecule has 0 bridgehead atoms. The van der Waals surface area contributed by atoms with Crippen LogP contribution in [0.3, 0.4) is 0 Å². The van der Waals surface area contributed by atoms with Gasteiger partial charge < -0.3 is 20.3 Å². The van der Waals surface area contributed by atoms with Crippen LogP contribution in [0.4, 0.5) is 4.39 Å². The Morgan fingerprint density at radius 2 is 2.07 bits per heavy atom. The third-order valence-corrected chi connectivity index (χ3v) is 3.89. The van der Waals surface area contributed by atoms with Crippen LogP contribution in [0.1, 0.15) is 21.7 Å². The maximum Gasteiger partial charge on any atom is 0.255 e. The molecule has 0 saturated heterocycles. The molecular formula is C20H20FN3O3. The molecule has 7 heteroatoms. The number of hydrogen-bond donors (Lipinski definition) is 2. The van der Waals surface area contributed by atoms with Crippen molar-refractivity contribution in [1.82, 2.24) is 10.5 Å². The molecule has 3 N–H and O–H groups in total. The number of amides is 1. The van der Waals surface area contributed by atoms with Crippen molar-refractivity contribution in [3.8, 4) is 17.0 Å². The minimum atomic E-state index is -0.386. The van der Waals surface area contributed by atoms with Crippen molar-refractivity contribution < 1.29 is 18.4 Å². The Bertz CT molecular complexity index is 940. The minimum Gasteiger partial charge on any atom is -0.491 e. The van der Waals surface area contributed by atoms with Gasteiger partial charge in [0, 0.05) is 18.2 Å². The van der Waals surface area contributed by atoms with E-state index in [1.807, 2.05) is 13.0 Å². The first-order valence-corrected chi connectivity index (χ1v) is 8.50. The van der Waals surface area contributed by atoms with Crippen LogP contribution in [-0.4, -0.2) is 24.2 Å². The molecule has 3 rings (SSSR count). The van der Waals surface area contributed by atoms with Crippen LogP contribution in [-0.2, 0) is 6.54 Å². The summed E-state index contributed by atoms with van der Waals surface area (Å²) in [6.45, 7) is 2.68. The van der Waals surface area contributed by atoms with E-state index in [0.29, 0.717) is 41.5 Å². The summed E-state index contributed by atoms with van der Waals surface area (Å²) < 4.78 is 24.6. The van der Waals surface area contributed by atoms with E-state index in [1.165, 1.54) is 6.07 Å². The van der Waals surface area contributed by atoms with Crippen LogP contribution in [0.5, 0.6) is 5.75 Å². The molecule has 140 valence electrons. The minimum absolute atomic E-state index is 0.116. The zero-order valence-electron chi connectivity index (χ0n) is 14.9. The Balaban J connectivity index is 1.70. The van der Waals surface area contributed by atoms with Gasteiger partial charge in [0.25, 0.3) is 5.91 Å². The number of nitrogens with zero attached hydrogens (tertiary/aromatic N) is 1. The Morgan fingerprint density at radius 1 is 1.26 bits per heavy atom. The molecule has 1 aromatic heterocycles. The van der Waals surface area contributed by atoms with E-state index < -0.39 is 0 Å². The highest BCUT2D eigenvalue weighted by Gasteiger charge is 2.15. The predicted octanol–water partition coefficient (Wildman–Crippen LogP) is 3.06. The molecule has 0 fully saturated rings. The molecule has 0 unspecified atom stereocenters. The first kappa shape index (κ1) is 18.6. The standard InChI is InChI=1S/C20H20FN3O3/c1-13-6-7-19(26-9-8-22)16(10-13)20(25)23-12-14-11-18(24-27-14)15-4-2-3-5-17(15)21/h2-7,10-11H,8-9,12,22H2,1H3,(H,23,25). The first-order valence-electron chi connectivity index (χ1n) is 8.50. The van der Waals surface area contributed by atoms with Gasteiger partial charge in [0.15, 0.2) is 5.76 Å². The van der Waals surface area contributed by atoms with E-state index in [4.69, 9.17) is 15.0 Å². The number of benzene rings is 2. The largest absolute Gasteiger partial charge is 0.491 e. The van der Waals surface area contributed by atoms with Crippen LogP contribution in [0.15, 0.2) is 53.1 Å². The van der Waals surface area contributed by atoms with E-state index in [-0.39, 0.29) is 18.3 Å². The lowest BCUT2D eigenvalue weighted by Gasteiger charge is -2.11. The topological polar surface area (TPSA) is 90.4 Å². The van der Waals surface area contributed by atoms with E-state index >= 15 is 0 Å². The van der Waals surface area contributed by atoms with Gasteiger partial charge in [-0.05, 0) is 31.2 Å². The third-order valence-electron chi connectivity index (χ3n) is 3.89. The lowest BCUT2D eigenvalue weighted by molar-refractivity contribution is 0.0943. The molecule has 0 spiro atoms. The number of halogens is 1. The van der Waals surface area contributed by atoms with Crippen molar-refractivity contribution in [3.05, 3.63) is 71.2 Å². The van der Waals surface area contributed by atoms with Crippen molar-refractivity contribution in [3.63, 3.8) is 0 Å². The Kier molecular flexibility index (Phi) is 5.83. The smallest absolute Gasteiger partial charge is 0.255 e. The number of carbonyl (C=O) groups is 1. The molecule has 0 atom stereocenters. The van der Waals surface area contributed by atoms with Crippen molar-refractivity contribution in [2.75, 3.05) is 13.2 Å². The SMILES string of the molecule is Cc1ccc(OCCN)c(C(=O)NCc2cc(-c3ccccc3F)no2)c1. The van der Waals surface area contributed by atoms with Crippen LogP contribution in [0.2, 0.25) is 0 Å². The second-order valence-electron chi connectivity index (χ2n) is 5.98. The number of nitrogens with one attached hydrogen (secondary N) is 1. The molecule has 0 aliphatic rings. The van der Waals surface area contributed by atoms with Crippen molar-refractivity contribution >= 4 is 5.91 Å². The molecular weight excluding hydrogens is 349 g/mol. The fourth-order valence-electron chi connectivity index (χ4n) is 2.57. The summed E-state index contributed by atoms with van der Waals surface area (Å²) in [4.78, 5) is 12.5. The van der Waals surface area contributed by atoms with Crippen molar-refractivity contribution in [2.45, 2.75) is 13.5 Å². The monoisotopic (exact) mass is 369 g/mol. The van der Waals surface area contributed by atoms with Gasteiger partial charge in [0.2, 0.25) is 0 Å². The number of ether oxygens (including phenoxy) is 1. The number of aryl methyl sites for hydroxylation is 1. The second kappa shape index (κ2) is 8.46. The molecule has 1 heterocycles. The summed E-state index contributed by atoms with van der Waals surface area (Å²) in [6.07, 6.45) is 0. The zero-order chi connectivity index (χ0) is 19.2. The molecule has 0 saturated carbocycles. The Hall–Kier alpha value is -3.19. The quantitative estimate of drug-likeness (QED) is 0.668. The van der Waals surface area contributed by atoms with E-state index in [9.17, 15) is 9.18 Å². The van der Waals surface area contributed by atoms with E-state index in [0.717, 1.165) is 5.56 Å². The summed E-state index contributed by atoms with van der Waals surface area (Å²) in [7, 11) is 0.